The Labute approximate surface area is 99.3 Å². The predicted octanol–water partition coefficient (Wildman–Crippen LogP) is 0.390. The van der Waals surface area contributed by atoms with Crippen molar-refractivity contribution in [1.29, 1.82) is 0 Å². The van der Waals surface area contributed by atoms with Gasteiger partial charge in [-0.2, -0.15) is 4.31 Å². The molecular formula is C10H13FN2O3S. The number of aromatic nitrogens is 1. The van der Waals surface area contributed by atoms with E-state index in [1.165, 1.54) is 18.3 Å². The molecule has 94 valence electrons. The fraction of sp³-hybridized carbons (Fsp3) is 0.300. The molecule has 7 heteroatoms. The highest BCUT2D eigenvalue weighted by Gasteiger charge is 2.27. The Kier molecular flexibility index (Phi) is 4.73. The second kappa shape index (κ2) is 5.85. The summed E-state index contributed by atoms with van der Waals surface area (Å²) in [4.78, 5) is 3.51. The van der Waals surface area contributed by atoms with Crippen LogP contribution >= 0.6 is 0 Å². The van der Waals surface area contributed by atoms with Gasteiger partial charge in [-0.3, -0.25) is 0 Å². The number of sulfonamides is 1. The van der Waals surface area contributed by atoms with Crippen LogP contribution in [0.5, 0.6) is 0 Å². The van der Waals surface area contributed by atoms with Crippen LogP contribution in [0.25, 0.3) is 0 Å². The lowest BCUT2D eigenvalue weighted by Crippen LogP contribution is -2.34. The van der Waals surface area contributed by atoms with E-state index in [-0.39, 0.29) is 19.7 Å². The lowest BCUT2D eigenvalue weighted by Gasteiger charge is -2.18. The molecule has 0 spiro atoms. The second-order valence-corrected chi connectivity index (χ2v) is 5.02. The molecule has 0 aromatic carbocycles. The molecule has 5 nitrogen and oxygen atoms in total. The molecule has 1 rings (SSSR count). The van der Waals surface area contributed by atoms with Gasteiger partial charge in [-0.25, -0.2) is 17.8 Å². The SMILES string of the molecule is C=CCN(CCO)S(=O)(=O)c1ncccc1F. The van der Waals surface area contributed by atoms with Gasteiger partial charge in [0.15, 0.2) is 5.82 Å². The Morgan fingerprint density at radius 2 is 2.29 bits per heavy atom. The van der Waals surface area contributed by atoms with Gasteiger partial charge in [-0.15, -0.1) is 6.58 Å². The summed E-state index contributed by atoms with van der Waals surface area (Å²) >= 11 is 0. The zero-order valence-corrected chi connectivity index (χ0v) is 9.90. The van der Waals surface area contributed by atoms with Crippen LogP contribution in [0, 0.1) is 5.82 Å². The Bertz CT molecular complexity index is 490. The molecule has 0 aliphatic heterocycles. The third-order valence-electron chi connectivity index (χ3n) is 1.99. The maximum Gasteiger partial charge on any atom is 0.263 e. The summed E-state index contributed by atoms with van der Waals surface area (Å²) in [6, 6.07) is 2.32. The summed E-state index contributed by atoms with van der Waals surface area (Å²) in [5.74, 6) is -0.917. The molecule has 0 amide bonds. The van der Waals surface area contributed by atoms with E-state index in [1.807, 2.05) is 0 Å². The van der Waals surface area contributed by atoms with Gasteiger partial charge in [0, 0.05) is 19.3 Å². The summed E-state index contributed by atoms with van der Waals surface area (Å²) in [7, 11) is -4.04. The highest BCUT2D eigenvalue weighted by Crippen LogP contribution is 2.15. The molecule has 0 radical (unpaired) electrons. The molecule has 1 aromatic rings. The molecule has 0 aliphatic carbocycles. The molecule has 0 bridgehead atoms. The number of hydrogen-bond donors (Lipinski definition) is 1. The molecule has 17 heavy (non-hydrogen) atoms. The van der Waals surface area contributed by atoms with Crippen molar-refractivity contribution in [3.8, 4) is 0 Å². The monoisotopic (exact) mass is 260 g/mol. The van der Waals surface area contributed by atoms with Gasteiger partial charge in [-0.05, 0) is 12.1 Å². The quantitative estimate of drug-likeness (QED) is 0.751. The van der Waals surface area contributed by atoms with Crippen LogP contribution in [0.15, 0.2) is 36.0 Å². The van der Waals surface area contributed by atoms with E-state index in [9.17, 15) is 12.8 Å². The highest BCUT2D eigenvalue weighted by molar-refractivity contribution is 7.89. The number of aliphatic hydroxyl groups excluding tert-OH is 1. The van der Waals surface area contributed by atoms with Crippen molar-refractivity contribution in [3.05, 3.63) is 36.8 Å². The smallest absolute Gasteiger partial charge is 0.263 e. The van der Waals surface area contributed by atoms with Crippen molar-refractivity contribution in [1.82, 2.24) is 9.29 Å². The first-order valence-corrected chi connectivity index (χ1v) is 6.30. The first-order chi connectivity index (χ1) is 8.04. The maximum atomic E-state index is 13.4. The molecule has 1 N–H and O–H groups in total. The maximum absolute atomic E-state index is 13.4. The van der Waals surface area contributed by atoms with Crippen molar-refractivity contribution < 1.29 is 17.9 Å². The van der Waals surface area contributed by atoms with Gasteiger partial charge >= 0.3 is 0 Å². The number of pyridine rings is 1. The van der Waals surface area contributed by atoms with Gasteiger partial charge in [0.05, 0.1) is 6.61 Å². The van der Waals surface area contributed by atoms with Crippen molar-refractivity contribution in [3.63, 3.8) is 0 Å². The van der Waals surface area contributed by atoms with E-state index in [4.69, 9.17) is 5.11 Å². The molecule has 0 aliphatic rings. The van der Waals surface area contributed by atoms with E-state index in [0.29, 0.717) is 0 Å². The van der Waals surface area contributed by atoms with Gasteiger partial charge in [0.2, 0.25) is 5.03 Å². The van der Waals surface area contributed by atoms with Gasteiger partial charge in [0.1, 0.15) is 0 Å². The summed E-state index contributed by atoms with van der Waals surface area (Å²) in [6.45, 7) is 2.90. The van der Waals surface area contributed by atoms with Crippen molar-refractivity contribution in [2.45, 2.75) is 5.03 Å². The second-order valence-electron chi connectivity index (χ2n) is 3.17. The number of nitrogens with zero attached hydrogens (tertiary/aromatic N) is 2. The molecule has 0 unspecified atom stereocenters. The Balaban J connectivity index is 3.16. The van der Waals surface area contributed by atoms with Gasteiger partial charge in [0.25, 0.3) is 10.0 Å². The Hall–Kier alpha value is -1.31. The van der Waals surface area contributed by atoms with E-state index in [2.05, 4.69) is 11.6 Å². The fourth-order valence-electron chi connectivity index (χ4n) is 1.25. The average molecular weight is 260 g/mol. The molecule has 0 saturated heterocycles. The summed E-state index contributed by atoms with van der Waals surface area (Å²) < 4.78 is 38.3. The molecule has 0 saturated carbocycles. The summed E-state index contributed by atoms with van der Waals surface area (Å²) in [6.07, 6.45) is 2.55. The fourth-order valence-corrected chi connectivity index (χ4v) is 2.63. The molecular weight excluding hydrogens is 247 g/mol. The van der Waals surface area contributed by atoms with Crippen LogP contribution in [0.3, 0.4) is 0 Å². The van der Waals surface area contributed by atoms with E-state index in [0.717, 1.165) is 10.4 Å². The predicted molar refractivity (Wildman–Crippen MR) is 60.2 cm³/mol. The first kappa shape index (κ1) is 13.8. The summed E-state index contributed by atoms with van der Waals surface area (Å²) in [5, 5.41) is 8.15. The zero-order valence-electron chi connectivity index (χ0n) is 9.08. The Morgan fingerprint density at radius 3 is 2.82 bits per heavy atom. The number of aliphatic hydroxyl groups is 1. The van der Waals surface area contributed by atoms with Crippen LogP contribution in [0.1, 0.15) is 0 Å². The topological polar surface area (TPSA) is 70.5 Å². The minimum atomic E-state index is -4.04. The molecule has 0 atom stereocenters. The third kappa shape index (κ3) is 3.09. The van der Waals surface area contributed by atoms with Crippen molar-refractivity contribution in [2.75, 3.05) is 19.7 Å². The zero-order chi connectivity index (χ0) is 12.9. The van der Waals surface area contributed by atoms with Crippen LogP contribution in [-0.2, 0) is 10.0 Å². The molecule has 1 heterocycles. The minimum Gasteiger partial charge on any atom is -0.395 e. The standard InChI is InChI=1S/C10H13FN2O3S/c1-2-6-13(7-8-14)17(15,16)10-9(11)4-3-5-12-10/h2-5,14H,1,6-8H2. The van der Waals surface area contributed by atoms with Crippen LogP contribution in [0.2, 0.25) is 0 Å². The number of hydrogen-bond acceptors (Lipinski definition) is 4. The number of rotatable bonds is 6. The Morgan fingerprint density at radius 1 is 1.59 bits per heavy atom. The minimum absolute atomic E-state index is 0.0150. The molecule has 0 fully saturated rings. The van der Waals surface area contributed by atoms with Crippen LogP contribution in [0.4, 0.5) is 4.39 Å². The number of halogens is 1. The average Bonchev–Trinajstić information content (AvgIpc) is 2.29. The first-order valence-electron chi connectivity index (χ1n) is 4.86. The lowest BCUT2D eigenvalue weighted by atomic mass is 10.5. The van der Waals surface area contributed by atoms with Crippen LogP contribution < -0.4 is 0 Å². The summed E-state index contributed by atoms with van der Waals surface area (Å²) in [5.41, 5.74) is 0. The highest BCUT2D eigenvalue weighted by atomic mass is 32.2. The third-order valence-corrected chi connectivity index (χ3v) is 3.79. The lowest BCUT2D eigenvalue weighted by molar-refractivity contribution is 0.259. The van der Waals surface area contributed by atoms with Crippen molar-refractivity contribution >= 4 is 10.0 Å². The van der Waals surface area contributed by atoms with Gasteiger partial charge < -0.3 is 5.11 Å². The van der Waals surface area contributed by atoms with E-state index < -0.39 is 20.9 Å². The van der Waals surface area contributed by atoms with E-state index in [1.54, 1.807) is 0 Å². The van der Waals surface area contributed by atoms with Gasteiger partial charge in [-0.1, -0.05) is 6.08 Å². The van der Waals surface area contributed by atoms with Crippen LogP contribution in [-0.4, -0.2) is 42.5 Å². The molecule has 1 aromatic heterocycles. The van der Waals surface area contributed by atoms with E-state index >= 15 is 0 Å². The largest absolute Gasteiger partial charge is 0.395 e. The van der Waals surface area contributed by atoms with Crippen molar-refractivity contribution in [2.24, 2.45) is 0 Å². The normalized spacial score (nSPS) is 11.7.